The number of rotatable bonds is 3. The van der Waals surface area contributed by atoms with Gasteiger partial charge in [0.15, 0.2) is 0 Å². The first kappa shape index (κ1) is 12.4. The molecular formula is C15H19NO4. The molecule has 108 valence electrons. The van der Waals surface area contributed by atoms with E-state index in [2.05, 4.69) is 5.32 Å². The van der Waals surface area contributed by atoms with Crippen LogP contribution in [0.15, 0.2) is 0 Å². The van der Waals surface area contributed by atoms with Gasteiger partial charge in [0.2, 0.25) is 5.91 Å². The summed E-state index contributed by atoms with van der Waals surface area (Å²) in [6, 6.07) is 0.0499. The average molecular weight is 277 g/mol. The van der Waals surface area contributed by atoms with Gasteiger partial charge in [0, 0.05) is 23.8 Å². The average Bonchev–Trinajstić information content (AvgIpc) is 2.98. The van der Waals surface area contributed by atoms with E-state index >= 15 is 0 Å². The normalized spacial score (nSPS) is 48.2. The summed E-state index contributed by atoms with van der Waals surface area (Å²) >= 11 is 0. The predicted molar refractivity (Wildman–Crippen MR) is 68.7 cm³/mol. The maximum Gasteiger partial charge on any atom is 0.310 e. The van der Waals surface area contributed by atoms with Crippen LogP contribution in [0, 0.1) is 29.1 Å². The second-order valence-electron chi connectivity index (χ2n) is 7.13. The second-order valence-corrected chi connectivity index (χ2v) is 7.13. The first-order chi connectivity index (χ1) is 9.51. The number of fused-ring (bicyclic) bond motifs is 3. The number of hydrogen-bond acceptors (Lipinski definition) is 3. The molecule has 4 aliphatic rings. The van der Waals surface area contributed by atoms with Crippen LogP contribution < -0.4 is 5.32 Å². The SMILES string of the molecule is O=C(N[C@@H]1C[C@@]2(C(=O)O)C[C@@H]12)C1C[C@H]2CC[C@@H](C1)C2=O. The highest BCUT2D eigenvalue weighted by atomic mass is 16.4. The van der Waals surface area contributed by atoms with E-state index in [1.807, 2.05) is 0 Å². The Bertz CT molecular complexity index is 500. The summed E-state index contributed by atoms with van der Waals surface area (Å²) in [5, 5.41) is 12.1. The minimum absolute atomic E-state index is 0.0382. The quantitative estimate of drug-likeness (QED) is 0.805. The fraction of sp³-hybridized carbons (Fsp3) is 0.800. The Kier molecular flexibility index (Phi) is 2.37. The summed E-state index contributed by atoms with van der Waals surface area (Å²) in [5.41, 5.74) is -0.514. The standard InChI is InChI=1S/C15H19NO4/c17-12-7-1-2-8(12)4-9(3-7)13(18)16-11-6-15(14(19)20)5-10(11)15/h7-11H,1-6H2,(H,16,18)(H,19,20)/t7-,8+,9?,10-,11+,15-/m0/s1. The maximum atomic E-state index is 12.3. The van der Waals surface area contributed by atoms with Gasteiger partial charge >= 0.3 is 5.97 Å². The Morgan fingerprint density at radius 2 is 1.80 bits per heavy atom. The third-order valence-corrected chi connectivity index (χ3v) is 6.13. The molecule has 4 rings (SSSR count). The zero-order valence-corrected chi connectivity index (χ0v) is 11.3. The van der Waals surface area contributed by atoms with Gasteiger partial charge in [-0.15, -0.1) is 0 Å². The molecule has 0 spiro atoms. The first-order valence-electron chi connectivity index (χ1n) is 7.59. The van der Waals surface area contributed by atoms with Crippen molar-refractivity contribution in [2.75, 3.05) is 0 Å². The summed E-state index contributed by atoms with van der Waals surface area (Å²) in [7, 11) is 0. The third-order valence-electron chi connectivity index (χ3n) is 6.13. The van der Waals surface area contributed by atoms with Crippen LogP contribution in [0.3, 0.4) is 0 Å². The molecule has 0 saturated heterocycles. The lowest BCUT2D eigenvalue weighted by molar-refractivity contribution is -0.148. The van der Waals surface area contributed by atoms with Gasteiger partial charge in [0.1, 0.15) is 5.78 Å². The Hall–Kier alpha value is -1.39. The van der Waals surface area contributed by atoms with Crippen LogP contribution in [0.25, 0.3) is 0 Å². The second kappa shape index (κ2) is 3.83. The van der Waals surface area contributed by atoms with E-state index in [-0.39, 0.29) is 35.6 Å². The van der Waals surface area contributed by atoms with Crippen molar-refractivity contribution < 1.29 is 19.5 Å². The monoisotopic (exact) mass is 277 g/mol. The minimum atomic E-state index is -0.714. The number of amides is 1. The van der Waals surface area contributed by atoms with Gasteiger partial charge in [-0.3, -0.25) is 14.4 Å². The predicted octanol–water partition coefficient (Wildman–Crippen LogP) is 0.971. The molecule has 20 heavy (non-hydrogen) atoms. The van der Waals surface area contributed by atoms with Crippen LogP contribution in [0.1, 0.15) is 38.5 Å². The molecule has 0 aliphatic heterocycles. The lowest BCUT2D eigenvalue weighted by Crippen LogP contribution is -2.50. The van der Waals surface area contributed by atoms with Crippen molar-refractivity contribution in [1.82, 2.24) is 5.32 Å². The lowest BCUT2D eigenvalue weighted by Gasteiger charge is -2.34. The van der Waals surface area contributed by atoms with Crippen LogP contribution >= 0.6 is 0 Å². The Balaban J connectivity index is 1.34. The van der Waals surface area contributed by atoms with Gasteiger partial charge in [0.25, 0.3) is 0 Å². The van der Waals surface area contributed by atoms with Crippen LogP contribution in [0.5, 0.6) is 0 Å². The minimum Gasteiger partial charge on any atom is -0.481 e. The molecule has 6 atom stereocenters. The lowest BCUT2D eigenvalue weighted by atomic mass is 9.77. The van der Waals surface area contributed by atoms with Crippen LogP contribution in [-0.2, 0) is 14.4 Å². The number of carbonyl (C=O) groups is 3. The van der Waals surface area contributed by atoms with Crippen LogP contribution in [0.4, 0.5) is 0 Å². The Morgan fingerprint density at radius 3 is 2.30 bits per heavy atom. The molecule has 4 saturated carbocycles. The summed E-state index contributed by atoms with van der Waals surface area (Å²) in [5.74, 6) is 0.00824. The number of aliphatic carboxylic acids is 1. The number of carbonyl (C=O) groups excluding carboxylic acids is 2. The van der Waals surface area contributed by atoms with Crippen molar-refractivity contribution in [3.05, 3.63) is 0 Å². The highest BCUT2D eigenvalue weighted by molar-refractivity contribution is 5.90. The first-order valence-corrected chi connectivity index (χ1v) is 7.59. The van der Waals surface area contributed by atoms with Crippen molar-refractivity contribution in [2.45, 2.75) is 44.6 Å². The van der Waals surface area contributed by atoms with Gasteiger partial charge in [-0.1, -0.05) is 0 Å². The highest BCUT2D eigenvalue weighted by Crippen LogP contribution is 2.67. The van der Waals surface area contributed by atoms with Crippen LogP contribution in [0.2, 0.25) is 0 Å². The van der Waals surface area contributed by atoms with Crippen molar-refractivity contribution in [3.63, 3.8) is 0 Å². The fourth-order valence-corrected chi connectivity index (χ4v) is 4.74. The topological polar surface area (TPSA) is 83.5 Å². The van der Waals surface area contributed by atoms with E-state index in [4.69, 9.17) is 5.11 Å². The van der Waals surface area contributed by atoms with Crippen LogP contribution in [-0.4, -0.2) is 28.8 Å². The van der Waals surface area contributed by atoms with E-state index in [0.29, 0.717) is 31.5 Å². The number of Topliss-reactive ketones (excluding diaryl/α,β-unsaturated/α-hetero) is 1. The molecule has 1 amide bonds. The van der Waals surface area contributed by atoms with E-state index in [0.717, 1.165) is 12.8 Å². The molecule has 0 heterocycles. The van der Waals surface area contributed by atoms with Crippen molar-refractivity contribution in [3.8, 4) is 0 Å². The van der Waals surface area contributed by atoms with Crippen molar-refractivity contribution >= 4 is 17.7 Å². The highest BCUT2D eigenvalue weighted by Gasteiger charge is 2.72. The fourth-order valence-electron chi connectivity index (χ4n) is 4.74. The summed E-state index contributed by atoms with van der Waals surface area (Å²) in [6.07, 6.45) is 4.58. The van der Waals surface area contributed by atoms with Crippen molar-refractivity contribution in [2.24, 2.45) is 29.1 Å². The molecule has 0 radical (unpaired) electrons. The molecule has 2 bridgehead atoms. The van der Waals surface area contributed by atoms with E-state index in [1.54, 1.807) is 0 Å². The van der Waals surface area contributed by atoms with Gasteiger partial charge in [0.05, 0.1) is 5.41 Å². The Morgan fingerprint density at radius 1 is 1.15 bits per heavy atom. The number of nitrogens with one attached hydrogen (secondary N) is 1. The van der Waals surface area contributed by atoms with Gasteiger partial charge in [-0.25, -0.2) is 0 Å². The number of carboxylic acids is 1. The zero-order chi connectivity index (χ0) is 14.1. The van der Waals surface area contributed by atoms with E-state index < -0.39 is 11.4 Å². The van der Waals surface area contributed by atoms with E-state index in [9.17, 15) is 14.4 Å². The molecular weight excluding hydrogens is 258 g/mol. The van der Waals surface area contributed by atoms with Crippen molar-refractivity contribution in [1.29, 1.82) is 0 Å². The zero-order valence-electron chi connectivity index (χ0n) is 11.3. The van der Waals surface area contributed by atoms with Gasteiger partial charge in [-0.2, -0.15) is 0 Å². The van der Waals surface area contributed by atoms with Gasteiger partial charge < -0.3 is 10.4 Å². The molecule has 2 N–H and O–H groups in total. The molecule has 4 fully saturated rings. The summed E-state index contributed by atoms with van der Waals surface area (Å²) in [6.45, 7) is 0. The Labute approximate surface area is 117 Å². The maximum absolute atomic E-state index is 12.3. The third kappa shape index (κ3) is 1.52. The molecule has 5 nitrogen and oxygen atoms in total. The molecule has 0 aromatic rings. The number of hydrogen-bond donors (Lipinski definition) is 2. The smallest absolute Gasteiger partial charge is 0.310 e. The number of ketones is 1. The van der Waals surface area contributed by atoms with E-state index in [1.165, 1.54) is 0 Å². The summed E-state index contributed by atoms with van der Waals surface area (Å²) < 4.78 is 0. The van der Waals surface area contributed by atoms with Gasteiger partial charge in [-0.05, 0) is 44.4 Å². The molecule has 4 aliphatic carbocycles. The molecule has 0 aromatic heterocycles. The number of carboxylic acid groups (broad SMARTS) is 1. The molecule has 5 heteroatoms. The largest absolute Gasteiger partial charge is 0.481 e. The summed E-state index contributed by atoms with van der Waals surface area (Å²) in [4.78, 5) is 35.2. The molecule has 1 unspecified atom stereocenters. The molecule has 0 aromatic carbocycles.